The number of benzene rings is 1. The first-order chi connectivity index (χ1) is 9.00. The van der Waals surface area contributed by atoms with Crippen LogP contribution >= 0.6 is 0 Å². The second kappa shape index (κ2) is 7.56. The lowest BCUT2D eigenvalue weighted by Crippen LogP contribution is -2.41. The van der Waals surface area contributed by atoms with E-state index in [1.807, 2.05) is 30.3 Å². The van der Waals surface area contributed by atoms with Crippen molar-refractivity contribution in [2.24, 2.45) is 5.92 Å². The number of hydrogen-bond acceptors (Lipinski definition) is 2. The predicted molar refractivity (Wildman–Crippen MR) is 75.4 cm³/mol. The van der Waals surface area contributed by atoms with Crippen LogP contribution in [0.2, 0.25) is 0 Å². The Balaban J connectivity index is 2.41. The molecular weight excluding hydrogens is 240 g/mol. The molecule has 2 amide bonds. The van der Waals surface area contributed by atoms with E-state index in [0.29, 0.717) is 19.0 Å². The molecule has 1 N–H and O–H groups in total. The lowest BCUT2D eigenvalue weighted by Gasteiger charge is -2.17. The van der Waals surface area contributed by atoms with E-state index in [0.717, 1.165) is 12.0 Å². The second-order valence-electron chi connectivity index (χ2n) is 5.09. The lowest BCUT2D eigenvalue weighted by atomic mass is 10.1. The molecule has 1 rings (SSSR count). The van der Waals surface area contributed by atoms with Crippen LogP contribution in [0.15, 0.2) is 30.3 Å². The normalized spacial score (nSPS) is 10.3. The smallest absolute Gasteiger partial charge is 0.311 e. The number of rotatable bonds is 5. The monoisotopic (exact) mass is 262 g/mol. The highest BCUT2D eigenvalue weighted by Gasteiger charge is 2.18. The van der Waals surface area contributed by atoms with Gasteiger partial charge in [0.05, 0.1) is 0 Å². The van der Waals surface area contributed by atoms with E-state index >= 15 is 0 Å². The molecule has 0 aliphatic rings. The van der Waals surface area contributed by atoms with Gasteiger partial charge < -0.3 is 10.2 Å². The Morgan fingerprint density at radius 1 is 1.21 bits per heavy atom. The number of amides is 2. The van der Waals surface area contributed by atoms with Gasteiger partial charge in [0.25, 0.3) is 0 Å². The van der Waals surface area contributed by atoms with E-state index in [1.165, 1.54) is 4.90 Å². The number of hydrogen-bond donors (Lipinski definition) is 1. The third kappa shape index (κ3) is 5.55. The van der Waals surface area contributed by atoms with Gasteiger partial charge in [-0.1, -0.05) is 44.2 Å². The van der Waals surface area contributed by atoms with E-state index in [-0.39, 0.29) is 0 Å². The van der Waals surface area contributed by atoms with E-state index in [4.69, 9.17) is 0 Å². The van der Waals surface area contributed by atoms with Crippen LogP contribution in [0.1, 0.15) is 25.8 Å². The summed E-state index contributed by atoms with van der Waals surface area (Å²) in [4.78, 5) is 24.9. The van der Waals surface area contributed by atoms with Crippen molar-refractivity contribution >= 4 is 11.8 Å². The molecule has 1 aromatic carbocycles. The zero-order chi connectivity index (χ0) is 14.3. The molecule has 0 saturated carbocycles. The highest BCUT2D eigenvalue weighted by Crippen LogP contribution is 2.03. The molecule has 4 nitrogen and oxygen atoms in total. The molecule has 0 bridgehead atoms. The summed E-state index contributed by atoms with van der Waals surface area (Å²) in [7, 11) is 1.64. The maximum Gasteiger partial charge on any atom is 0.311 e. The zero-order valence-electron chi connectivity index (χ0n) is 11.8. The summed E-state index contributed by atoms with van der Waals surface area (Å²) < 4.78 is 0. The van der Waals surface area contributed by atoms with Crippen LogP contribution in [0.25, 0.3) is 0 Å². The largest absolute Gasteiger partial charge is 0.348 e. The first kappa shape index (κ1) is 15.2. The molecule has 1 aromatic rings. The fourth-order valence-electron chi connectivity index (χ4n) is 1.65. The molecule has 0 saturated heterocycles. The second-order valence-corrected chi connectivity index (χ2v) is 5.09. The molecule has 0 atom stereocenters. The van der Waals surface area contributed by atoms with Gasteiger partial charge in [-0.3, -0.25) is 9.59 Å². The molecule has 104 valence electrons. The number of likely N-dealkylation sites (N-methyl/N-ethyl adjacent to an activating group) is 1. The number of carbonyl (C=O) groups is 2. The van der Waals surface area contributed by atoms with Gasteiger partial charge in [0.2, 0.25) is 0 Å². The quantitative estimate of drug-likeness (QED) is 0.823. The molecule has 0 fully saturated rings. The van der Waals surface area contributed by atoms with Crippen LogP contribution in [0.4, 0.5) is 0 Å². The number of nitrogens with zero attached hydrogens (tertiary/aromatic N) is 1. The van der Waals surface area contributed by atoms with Crippen LogP contribution in [-0.2, 0) is 16.1 Å². The van der Waals surface area contributed by atoms with E-state index in [9.17, 15) is 9.59 Å². The molecular formula is C15H22N2O2. The summed E-state index contributed by atoms with van der Waals surface area (Å²) >= 11 is 0. The van der Waals surface area contributed by atoms with Crippen molar-refractivity contribution in [3.05, 3.63) is 35.9 Å². The lowest BCUT2D eigenvalue weighted by molar-refractivity contribution is -0.145. The summed E-state index contributed by atoms with van der Waals surface area (Å²) in [5.41, 5.74) is 1.01. The van der Waals surface area contributed by atoms with E-state index in [2.05, 4.69) is 19.2 Å². The Morgan fingerprint density at radius 2 is 1.84 bits per heavy atom. The first-order valence-electron chi connectivity index (χ1n) is 6.58. The van der Waals surface area contributed by atoms with Crippen LogP contribution in [-0.4, -0.2) is 30.3 Å². The summed E-state index contributed by atoms with van der Waals surface area (Å²) in [6.45, 7) is 5.14. The standard InChI is InChI=1S/C15H22N2O2/c1-12(2)9-10-16-14(18)15(19)17(3)11-13-7-5-4-6-8-13/h4-8,12H,9-11H2,1-3H3,(H,16,18). The summed E-state index contributed by atoms with van der Waals surface area (Å²) in [6.07, 6.45) is 0.876. The van der Waals surface area contributed by atoms with Crippen molar-refractivity contribution in [1.29, 1.82) is 0 Å². The van der Waals surface area contributed by atoms with Crippen LogP contribution < -0.4 is 5.32 Å². The minimum absolute atomic E-state index is 0.442. The van der Waals surface area contributed by atoms with Gasteiger partial charge in [0, 0.05) is 20.1 Å². The Hall–Kier alpha value is -1.84. The molecule has 0 radical (unpaired) electrons. The number of carbonyl (C=O) groups excluding carboxylic acids is 2. The average Bonchev–Trinajstić information content (AvgIpc) is 2.38. The van der Waals surface area contributed by atoms with Crippen LogP contribution in [0, 0.1) is 5.92 Å². The van der Waals surface area contributed by atoms with Crippen LogP contribution in [0.5, 0.6) is 0 Å². The van der Waals surface area contributed by atoms with Crippen LogP contribution in [0.3, 0.4) is 0 Å². The van der Waals surface area contributed by atoms with Crippen molar-refractivity contribution in [2.45, 2.75) is 26.8 Å². The fraction of sp³-hybridized carbons (Fsp3) is 0.467. The summed E-state index contributed by atoms with van der Waals surface area (Å²) in [5, 5.41) is 2.65. The third-order valence-corrected chi connectivity index (χ3v) is 2.81. The topological polar surface area (TPSA) is 49.4 Å². The molecule has 0 aliphatic carbocycles. The molecule has 0 aliphatic heterocycles. The fourth-order valence-corrected chi connectivity index (χ4v) is 1.65. The maximum atomic E-state index is 11.8. The van der Waals surface area contributed by atoms with E-state index in [1.54, 1.807) is 7.05 Å². The van der Waals surface area contributed by atoms with Crippen molar-refractivity contribution < 1.29 is 9.59 Å². The Kier molecular flexibility index (Phi) is 6.06. The molecule has 0 heterocycles. The molecule has 0 unspecified atom stereocenters. The minimum atomic E-state index is -0.529. The summed E-state index contributed by atoms with van der Waals surface area (Å²) in [5.74, 6) is -0.510. The summed E-state index contributed by atoms with van der Waals surface area (Å²) in [6, 6.07) is 9.61. The molecule has 4 heteroatoms. The highest BCUT2D eigenvalue weighted by molar-refractivity contribution is 6.34. The van der Waals surface area contributed by atoms with Gasteiger partial charge in [-0.2, -0.15) is 0 Å². The minimum Gasteiger partial charge on any atom is -0.348 e. The third-order valence-electron chi connectivity index (χ3n) is 2.81. The van der Waals surface area contributed by atoms with Crippen molar-refractivity contribution in [2.75, 3.05) is 13.6 Å². The van der Waals surface area contributed by atoms with Crippen molar-refractivity contribution in [3.8, 4) is 0 Å². The molecule has 0 spiro atoms. The number of nitrogens with one attached hydrogen (secondary N) is 1. The molecule has 19 heavy (non-hydrogen) atoms. The Labute approximate surface area is 114 Å². The van der Waals surface area contributed by atoms with Gasteiger partial charge >= 0.3 is 11.8 Å². The SMILES string of the molecule is CC(C)CCNC(=O)C(=O)N(C)Cc1ccccc1. The zero-order valence-corrected chi connectivity index (χ0v) is 11.8. The van der Waals surface area contributed by atoms with E-state index < -0.39 is 11.8 Å². The Bertz CT molecular complexity index is 415. The van der Waals surface area contributed by atoms with Gasteiger partial charge in [-0.15, -0.1) is 0 Å². The van der Waals surface area contributed by atoms with Gasteiger partial charge in [-0.05, 0) is 17.9 Å². The average molecular weight is 262 g/mol. The molecule has 0 aromatic heterocycles. The van der Waals surface area contributed by atoms with Crippen molar-refractivity contribution in [3.63, 3.8) is 0 Å². The van der Waals surface area contributed by atoms with Gasteiger partial charge in [0.15, 0.2) is 0 Å². The highest BCUT2D eigenvalue weighted by atomic mass is 16.2. The van der Waals surface area contributed by atoms with Crippen molar-refractivity contribution in [1.82, 2.24) is 10.2 Å². The maximum absolute atomic E-state index is 11.8. The Morgan fingerprint density at radius 3 is 2.42 bits per heavy atom. The van der Waals surface area contributed by atoms with Gasteiger partial charge in [-0.25, -0.2) is 0 Å². The predicted octanol–water partition coefficient (Wildman–Crippen LogP) is 1.81. The first-order valence-corrected chi connectivity index (χ1v) is 6.58. The van der Waals surface area contributed by atoms with Gasteiger partial charge in [0.1, 0.15) is 0 Å².